The van der Waals surface area contributed by atoms with Crippen LogP contribution in [0.15, 0.2) is 23.1 Å². The molecule has 1 aromatic carbocycles. The van der Waals surface area contributed by atoms with Gasteiger partial charge in [0.25, 0.3) is 0 Å². The van der Waals surface area contributed by atoms with Crippen molar-refractivity contribution >= 4 is 32.7 Å². The van der Waals surface area contributed by atoms with E-state index in [1.807, 2.05) is 0 Å². The first-order valence-electron chi connectivity index (χ1n) is 6.29. The Kier molecular flexibility index (Phi) is 3.45. The molecule has 0 saturated heterocycles. The second-order valence-corrected chi connectivity index (χ2v) is 7.68. The molecule has 1 amide bonds. The number of primary amides is 1. The van der Waals surface area contributed by atoms with Crippen LogP contribution in [-0.2, 0) is 21.2 Å². The number of hydrogen-bond donors (Lipinski definition) is 2. The van der Waals surface area contributed by atoms with Gasteiger partial charge in [-0.2, -0.15) is 0 Å². The highest BCUT2D eigenvalue weighted by molar-refractivity contribution is 7.91. The summed E-state index contributed by atoms with van der Waals surface area (Å²) in [6.45, 7) is 3.61. The lowest BCUT2D eigenvalue weighted by molar-refractivity contribution is -0.126. The second-order valence-electron chi connectivity index (χ2n) is 5.70. The van der Waals surface area contributed by atoms with Crippen molar-refractivity contribution in [1.82, 2.24) is 9.55 Å². The standard InChI is InChI=1S/C13H18N4O3S/c1-13(2,11(14)18)7-17-8-5-4-6-9(21(3,19)20)10(8)16-12(17)15/h4-6H,7H2,1-3H3,(H2,14,18)(H2,15,16). The van der Waals surface area contributed by atoms with E-state index in [0.29, 0.717) is 11.0 Å². The van der Waals surface area contributed by atoms with Gasteiger partial charge in [0.15, 0.2) is 9.84 Å². The molecule has 1 aromatic heterocycles. The smallest absolute Gasteiger partial charge is 0.224 e. The van der Waals surface area contributed by atoms with Crippen molar-refractivity contribution in [1.29, 1.82) is 0 Å². The van der Waals surface area contributed by atoms with Crippen molar-refractivity contribution < 1.29 is 13.2 Å². The van der Waals surface area contributed by atoms with Gasteiger partial charge in [-0.05, 0) is 26.0 Å². The van der Waals surface area contributed by atoms with E-state index in [1.54, 1.807) is 30.5 Å². The molecule has 0 radical (unpaired) electrons. The highest BCUT2D eigenvalue weighted by Gasteiger charge is 2.28. The lowest BCUT2D eigenvalue weighted by Crippen LogP contribution is -2.35. The van der Waals surface area contributed by atoms with Crippen molar-refractivity contribution in [3.05, 3.63) is 18.2 Å². The van der Waals surface area contributed by atoms with Gasteiger partial charge in [-0.25, -0.2) is 13.4 Å². The molecule has 114 valence electrons. The van der Waals surface area contributed by atoms with E-state index in [0.717, 1.165) is 6.26 Å². The van der Waals surface area contributed by atoms with E-state index in [4.69, 9.17) is 11.5 Å². The van der Waals surface area contributed by atoms with Gasteiger partial charge in [-0.15, -0.1) is 0 Å². The lowest BCUT2D eigenvalue weighted by Gasteiger charge is -2.22. The molecule has 21 heavy (non-hydrogen) atoms. The first-order chi connectivity index (χ1) is 9.54. The van der Waals surface area contributed by atoms with Crippen molar-refractivity contribution in [2.24, 2.45) is 11.1 Å². The third kappa shape index (κ3) is 2.71. The van der Waals surface area contributed by atoms with E-state index >= 15 is 0 Å². The number of sulfone groups is 1. The number of aromatic nitrogens is 2. The Morgan fingerprint density at radius 2 is 2.00 bits per heavy atom. The predicted octanol–water partition coefficient (Wildman–Crippen LogP) is 0.534. The monoisotopic (exact) mass is 310 g/mol. The molecular formula is C13H18N4O3S. The van der Waals surface area contributed by atoms with Crippen molar-refractivity contribution in [3.8, 4) is 0 Å². The molecule has 0 aliphatic heterocycles. The second kappa shape index (κ2) is 4.73. The van der Waals surface area contributed by atoms with Gasteiger partial charge in [0.1, 0.15) is 5.52 Å². The number of nitrogens with zero attached hydrogens (tertiary/aromatic N) is 2. The number of benzene rings is 1. The van der Waals surface area contributed by atoms with Gasteiger partial charge in [0.05, 0.1) is 15.8 Å². The molecule has 0 spiro atoms. The highest BCUT2D eigenvalue weighted by atomic mass is 32.2. The van der Waals surface area contributed by atoms with Crippen LogP contribution in [0.5, 0.6) is 0 Å². The Labute approximate surface area is 122 Å². The van der Waals surface area contributed by atoms with Crippen LogP contribution >= 0.6 is 0 Å². The minimum absolute atomic E-state index is 0.113. The molecule has 8 heteroatoms. The molecule has 0 saturated carbocycles. The largest absolute Gasteiger partial charge is 0.369 e. The Morgan fingerprint density at radius 1 is 1.38 bits per heavy atom. The van der Waals surface area contributed by atoms with E-state index in [-0.39, 0.29) is 17.4 Å². The molecule has 2 rings (SSSR count). The van der Waals surface area contributed by atoms with E-state index < -0.39 is 21.2 Å². The number of nitrogen functional groups attached to an aromatic ring is 1. The third-order valence-electron chi connectivity index (χ3n) is 3.39. The van der Waals surface area contributed by atoms with Crippen LogP contribution in [0.4, 0.5) is 5.95 Å². The molecule has 0 bridgehead atoms. The van der Waals surface area contributed by atoms with Gasteiger partial charge < -0.3 is 16.0 Å². The predicted molar refractivity (Wildman–Crippen MR) is 80.2 cm³/mol. The van der Waals surface area contributed by atoms with E-state index in [2.05, 4.69) is 4.98 Å². The minimum Gasteiger partial charge on any atom is -0.369 e. The fraction of sp³-hybridized carbons (Fsp3) is 0.385. The minimum atomic E-state index is -3.42. The summed E-state index contributed by atoms with van der Waals surface area (Å²) in [5.74, 6) is -0.321. The summed E-state index contributed by atoms with van der Waals surface area (Å²) in [6.07, 6.45) is 1.12. The van der Waals surface area contributed by atoms with E-state index in [9.17, 15) is 13.2 Å². The zero-order chi connectivity index (χ0) is 16.0. The summed E-state index contributed by atoms with van der Waals surface area (Å²) < 4.78 is 25.2. The topological polar surface area (TPSA) is 121 Å². The summed E-state index contributed by atoms with van der Waals surface area (Å²) in [7, 11) is -3.42. The first-order valence-corrected chi connectivity index (χ1v) is 8.18. The fourth-order valence-electron chi connectivity index (χ4n) is 2.08. The molecule has 0 atom stereocenters. The molecule has 0 fully saturated rings. The van der Waals surface area contributed by atoms with Gasteiger partial charge in [-0.1, -0.05) is 6.07 Å². The summed E-state index contributed by atoms with van der Waals surface area (Å²) in [4.78, 5) is 15.7. The maximum absolute atomic E-state index is 11.8. The molecule has 7 nitrogen and oxygen atoms in total. The number of hydrogen-bond acceptors (Lipinski definition) is 5. The van der Waals surface area contributed by atoms with Crippen molar-refractivity contribution in [2.45, 2.75) is 25.3 Å². The highest BCUT2D eigenvalue weighted by Crippen LogP contribution is 2.28. The Bertz CT molecular complexity index is 821. The van der Waals surface area contributed by atoms with Crippen molar-refractivity contribution in [3.63, 3.8) is 0 Å². The molecule has 1 heterocycles. The maximum atomic E-state index is 11.8. The van der Waals surface area contributed by atoms with Gasteiger partial charge in [0.2, 0.25) is 11.9 Å². The van der Waals surface area contributed by atoms with E-state index in [1.165, 1.54) is 6.07 Å². The molecule has 0 aliphatic carbocycles. The van der Waals surface area contributed by atoms with Crippen LogP contribution in [0.2, 0.25) is 0 Å². The quantitative estimate of drug-likeness (QED) is 0.853. The van der Waals surface area contributed by atoms with Gasteiger partial charge in [-0.3, -0.25) is 4.79 Å². The van der Waals surface area contributed by atoms with Crippen molar-refractivity contribution in [2.75, 3.05) is 12.0 Å². The molecule has 0 unspecified atom stereocenters. The maximum Gasteiger partial charge on any atom is 0.224 e. The zero-order valence-electron chi connectivity index (χ0n) is 12.1. The number of fused-ring (bicyclic) bond motifs is 1. The number of anilines is 1. The van der Waals surface area contributed by atoms with Gasteiger partial charge in [0, 0.05) is 12.8 Å². The molecule has 2 aromatic rings. The summed E-state index contributed by atoms with van der Waals surface area (Å²) in [6, 6.07) is 4.81. The average Bonchev–Trinajstić information content (AvgIpc) is 2.64. The first kappa shape index (κ1) is 15.3. The molecule has 0 aliphatic rings. The molecular weight excluding hydrogens is 292 g/mol. The van der Waals surface area contributed by atoms with Crippen LogP contribution in [0.3, 0.4) is 0 Å². The van der Waals surface area contributed by atoms with Crippen LogP contribution in [0.25, 0.3) is 11.0 Å². The van der Waals surface area contributed by atoms with Crippen LogP contribution in [0.1, 0.15) is 13.8 Å². The van der Waals surface area contributed by atoms with Gasteiger partial charge >= 0.3 is 0 Å². The zero-order valence-corrected chi connectivity index (χ0v) is 12.9. The average molecular weight is 310 g/mol. The number of para-hydroxylation sites is 1. The lowest BCUT2D eigenvalue weighted by atomic mass is 9.92. The number of imidazole rings is 1. The Hall–Kier alpha value is -2.09. The summed E-state index contributed by atoms with van der Waals surface area (Å²) >= 11 is 0. The number of nitrogens with two attached hydrogens (primary N) is 2. The van der Waals surface area contributed by atoms with Crippen LogP contribution in [-0.4, -0.2) is 30.1 Å². The SMILES string of the molecule is CC(C)(Cn1c(N)nc2c(S(C)(=O)=O)cccc21)C(N)=O. The number of carbonyl (C=O) groups is 1. The number of amides is 1. The van der Waals surface area contributed by atoms with Crippen LogP contribution < -0.4 is 11.5 Å². The summed E-state index contributed by atoms with van der Waals surface area (Å²) in [5.41, 5.74) is 11.3. The number of rotatable bonds is 4. The molecule has 4 N–H and O–H groups in total. The Morgan fingerprint density at radius 3 is 2.52 bits per heavy atom. The number of carbonyl (C=O) groups excluding carboxylic acids is 1. The third-order valence-corrected chi connectivity index (χ3v) is 4.52. The van der Waals surface area contributed by atoms with Crippen LogP contribution in [0, 0.1) is 5.41 Å². The Balaban J connectivity index is 2.68. The fourth-order valence-corrected chi connectivity index (χ4v) is 2.91. The summed E-state index contributed by atoms with van der Waals surface area (Å²) in [5, 5.41) is 0. The normalized spacial score (nSPS) is 12.7.